The second-order valence-electron chi connectivity index (χ2n) is 4.26. The first kappa shape index (κ1) is 12.0. The van der Waals surface area contributed by atoms with E-state index in [2.05, 4.69) is 4.98 Å². The molecule has 4 heteroatoms. The zero-order valence-electron chi connectivity index (χ0n) is 9.82. The second kappa shape index (κ2) is 5.27. The van der Waals surface area contributed by atoms with E-state index < -0.39 is 0 Å². The van der Waals surface area contributed by atoms with E-state index in [4.69, 9.17) is 9.84 Å². The number of halogens is 1. The first-order valence-electron chi connectivity index (χ1n) is 5.74. The molecule has 1 aromatic heterocycles. The average molecular weight is 237 g/mol. The first-order chi connectivity index (χ1) is 8.24. The summed E-state index contributed by atoms with van der Waals surface area (Å²) in [7, 11) is 1.51. The quantitative estimate of drug-likeness (QED) is 0.877. The van der Waals surface area contributed by atoms with E-state index in [1.807, 2.05) is 6.08 Å². The van der Waals surface area contributed by atoms with Gasteiger partial charge in [-0.05, 0) is 30.8 Å². The fraction of sp³-hybridized carbons (Fsp3) is 0.462. The molecule has 1 unspecified atom stereocenters. The van der Waals surface area contributed by atoms with E-state index >= 15 is 0 Å². The maximum Gasteiger partial charge on any atom is 0.213 e. The average Bonchev–Trinajstić information content (AvgIpc) is 2.39. The molecule has 0 aromatic carbocycles. The molecule has 2 rings (SSSR count). The Morgan fingerprint density at radius 3 is 3.00 bits per heavy atom. The minimum atomic E-state index is -0.320. The van der Waals surface area contributed by atoms with Crippen molar-refractivity contribution in [2.45, 2.75) is 19.3 Å². The number of hydrogen-bond donors (Lipinski definition) is 1. The van der Waals surface area contributed by atoms with E-state index in [1.165, 1.54) is 13.3 Å². The van der Waals surface area contributed by atoms with Crippen molar-refractivity contribution in [3.63, 3.8) is 0 Å². The molecule has 3 nitrogen and oxygen atoms in total. The molecule has 17 heavy (non-hydrogen) atoms. The minimum absolute atomic E-state index is 0.200. The Hall–Kier alpha value is -1.42. The van der Waals surface area contributed by atoms with E-state index in [1.54, 1.807) is 6.07 Å². The van der Waals surface area contributed by atoms with Gasteiger partial charge in [0, 0.05) is 18.2 Å². The number of allylic oxidation sites excluding steroid dienone is 2. The van der Waals surface area contributed by atoms with Crippen molar-refractivity contribution in [1.29, 1.82) is 0 Å². The number of hydrogen-bond acceptors (Lipinski definition) is 3. The molecular formula is C13H16FNO2. The van der Waals surface area contributed by atoms with Crippen LogP contribution in [-0.2, 0) is 0 Å². The van der Waals surface area contributed by atoms with Gasteiger partial charge >= 0.3 is 0 Å². The van der Waals surface area contributed by atoms with Crippen LogP contribution in [0.4, 0.5) is 4.39 Å². The normalized spacial score (nSPS) is 19.9. The summed E-state index contributed by atoms with van der Waals surface area (Å²) in [6.07, 6.45) is 5.67. The van der Waals surface area contributed by atoms with Crippen LogP contribution in [0.2, 0.25) is 0 Å². The lowest BCUT2D eigenvalue weighted by molar-refractivity contribution is 0.218. The number of rotatable bonds is 3. The smallest absolute Gasteiger partial charge is 0.213 e. The van der Waals surface area contributed by atoms with Gasteiger partial charge in [-0.3, -0.25) is 0 Å². The first-order valence-corrected chi connectivity index (χ1v) is 5.74. The third kappa shape index (κ3) is 2.64. The second-order valence-corrected chi connectivity index (χ2v) is 4.26. The monoisotopic (exact) mass is 237 g/mol. The van der Waals surface area contributed by atoms with Crippen LogP contribution in [0.15, 0.2) is 18.3 Å². The van der Waals surface area contributed by atoms with E-state index in [-0.39, 0.29) is 12.4 Å². The number of aromatic nitrogens is 1. The predicted molar refractivity (Wildman–Crippen MR) is 63.2 cm³/mol. The summed E-state index contributed by atoms with van der Waals surface area (Å²) in [6, 6.07) is 1.63. The minimum Gasteiger partial charge on any atom is -0.481 e. The highest BCUT2D eigenvalue weighted by molar-refractivity contribution is 5.67. The number of aliphatic hydroxyl groups excluding tert-OH is 1. The van der Waals surface area contributed by atoms with Crippen LogP contribution in [-0.4, -0.2) is 23.8 Å². The van der Waals surface area contributed by atoms with Crippen LogP contribution in [0.3, 0.4) is 0 Å². The van der Waals surface area contributed by atoms with E-state index in [0.29, 0.717) is 17.4 Å². The van der Waals surface area contributed by atoms with Crippen molar-refractivity contribution >= 4 is 5.57 Å². The van der Waals surface area contributed by atoms with Gasteiger partial charge in [-0.1, -0.05) is 6.08 Å². The molecular weight excluding hydrogens is 221 g/mol. The number of nitrogens with zero attached hydrogens (tertiary/aromatic N) is 1. The van der Waals surface area contributed by atoms with Crippen molar-refractivity contribution in [3.8, 4) is 5.88 Å². The van der Waals surface area contributed by atoms with Gasteiger partial charge in [-0.25, -0.2) is 9.37 Å². The summed E-state index contributed by atoms with van der Waals surface area (Å²) in [5, 5.41) is 9.05. The Morgan fingerprint density at radius 2 is 2.41 bits per heavy atom. The molecule has 0 saturated carbocycles. The van der Waals surface area contributed by atoms with Gasteiger partial charge in [0.05, 0.1) is 13.3 Å². The number of methoxy groups -OCH3 is 1. The highest BCUT2D eigenvalue weighted by Gasteiger charge is 2.17. The van der Waals surface area contributed by atoms with Crippen molar-refractivity contribution in [2.75, 3.05) is 13.7 Å². The summed E-state index contributed by atoms with van der Waals surface area (Å²) in [5.41, 5.74) is 1.54. The lowest BCUT2D eigenvalue weighted by atomic mass is 9.87. The van der Waals surface area contributed by atoms with Crippen LogP contribution in [0, 0.1) is 11.7 Å². The largest absolute Gasteiger partial charge is 0.481 e. The summed E-state index contributed by atoms with van der Waals surface area (Å²) in [4.78, 5) is 3.82. The summed E-state index contributed by atoms with van der Waals surface area (Å²) >= 11 is 0. The topological polar surface area (TPSA) is 42.4 Å². The zero-order chi connectivity index (χ0) is 12.3. The number of pyridine rings is 1. The Morgan fingerprint density at radius 1 is 1.59 bits per heavy atom. The van der Waals surface area contributed by atoms with E-state index in [9.17, 15) is 4.39 Å². The van der Waals surface area contributed by atoms with Crippen LogP contribution < -0.4 is 4.74 Å². The lowest BCUT2D eigenvalue weighted by Gasteiger charge is -2.20. The molecule has 1 aromatic rings. The highest BCUT2D eigenvalue weighted by atomic mass is 19.1. The van der Waals surface area contributed by atoms with Crippen LogP contribution >= 0.6 is 0 Å². The molecule has 0 aliphatic heterocycles. The molecule has 0 bridgehead atoms. The maximum absolute atomic E-state index is 13.7. The van der Waals surface area contributed by atoms with Crippen molar-refractivity contribution in [3.05, 3.63) is 29.7 Å². The van der Waals surface area contributed by atoms with Gasteiger partial charge in [-0.15, -0.1) is 0 Å². The summed E-state index contributed by atoms with van der Waals surface area (Å²) in [6.45, 7) is 0.200. The van der Waals surface area contributed by atoms with Gasteiger partial charge in [0.25, 0.3) is 0 Å². The predicted octanol–water partition coefficient (Wildman–Crippen LogP) is 2.41. The molecule has 1 heterocycles. The van der Waals surface area contributed by atoms with Gasteiger partial charge in [0.2, 0.25) is 5.88 Å². The SMILES string of the molecule is COc1cc(C2=CCC(CO)CC2)c(F)cn1. The third-order valence-corrected chi connectivity index (χ3v) is 3.16. The number of ether oxygens (including phenoxy) is 1. The molecule has 0 fully saturated rings. The van der Waals surface area contributed by atoms with Crippen molar-refractivity contribution in [1.82, 2.24) is 4.98 Å². The lowest BCUT2D eigenvalue weighted by Crippen LogP contribution is -2.10. The molecule has 1 N–H and O–H groups in total. The van der Waals surface area contributed by atoms with Gasteiger partial charge in [0.15, 0.2) is 0 Å². The van der Waals surface area contributed by atoms with Crippen LogP contribution in [0.1, 0.15) is 24.8 Å². The highest BCUT2D eigenvalue weighted by Crippen LogP contribution is 2.32. The molecule has 0 radical (unpaired) electrons. The summed E-state index contributed by atoms with van der Waals surface area (Å²) < 4.78 is 18.7. The van der Waals surface area contributed by atoms with Crippen LogP contribution in [0.25, 0.3) is 5.57 Å². The Balaban J connectivity index is 2.25. The Kier molecular flexibility index (Phi) is 3.74. The Labute approximate surface area is 99.9 Å². The molecule has 1 aliphatic rings. The van der Waals surface area contributed by atoms with E-state index in [0.717, 1.165) is 24.8 Å². The summed E-state index contributed by atoms with van der Waals surface area (Å²) in [5.74, 6) is 0.414. The molecule has 1 atom stereocenters. The Bertz CT molecular complexity index is 431. The fourth-order valence-electron chi connectivity index (χ4n) is 2.08. The van der Waals surface area contributed by atoms with Gasteiger partial charge in [-0.2, -0.15) is 0 Å². The molecule has 0 spiro atoms. The molecule has 0 amide bonds. The standard InChI is InChI=1S/C13H16FNO2/c1-17-13-6-11(12(14)7-15-13)10-4-2-9(8-16)3-5-10/h4,6-7,9,16H,2-3,5,8H2,1H3. The van der Waals surface area contributed by atoms with Crippen molar-refractivity contribution in [2.24, 2.45) is 5.92 Å². The van der Waals surface area contributed by atoms with Gasteiger partial charge in [0.1, 0.15) is 5.82 Å². The van der Waals surface area contributed by atoms with Gasteiger partial charge < -0.3 is 9.84 Å². The zero-order valence-corrected chi connectivity index (χ0v) is 9.82. The van der Waals surface area contributed by atoms with Crippen molar-refractivity contribution < 1.29 is 14.2 Å². The molecule has 0 saturated heterocycles. The number of aliphatic hydroxyl groups is 1. The third-order valence-electron chi connectivity index (χ3n) is 3.16. The molecule has 92 valence electrons. The van der Waals surface area contributed by atoms with Crippen LogP contribution in [0.5, 0.6) is 5.88 Å². The maximum atomic E-state index is 13.7. The fourth-order valence-corrected chi connectivity index (χ4v) is 2.08. The molecule has 1 aliphatic carbocycles.